The average Bonchev–Trinajstić information content (AvgIpc) is 2.66. The van der Waals surface area contributed by atoms with Gasteiger partial charge in [-0.2, -0.15) is 0 Å². The number of nitrogens with zero attached hydrogens (tertiary/aromatic N) is 1. The molecule has 4 nitrogen and oxygen atoms in total. The topological polar surface area (TPSA) is 45.5 Å². The van der Waals surface area contributed by atoms with E-state index < -0.39 is 0 Å². The molecule has 0 aliphatic rings. The number of carbonyl (C=O) groups excluding carboxylic acids is 1. The normalized spacial score (nSPS) is 10.4. The molecular weight excluding hydrogens is 319 g/mol. The highest BCUT2D eigenvalue weighted by atomic mass is 127. The molecule has 0 bridgehead atoms. The van der Waals surface area contributed by atoms with Gasteiger partial charge < -0.3 is 14.6 Å². The molecule has 0 unspecified atom stereocenters. The zero-order chi connectivity index (χ0) is 12.0. The van der Waals surface area contributed by atoms with Crippen LogP contribution in [0.15, 0.2) is 16.5 Å². The zero-order valence-electron chi connectivity index (χ0n) is 9.62. The number of furan rings is 1. The molecule has 90 valence electrons. The van der Waals surface area contributed by atoms with Gasteiger partial charge in [-0.05, 0) is 48.6 Å². The molecule has 0 aliphatic heterocycles. The molecule has 0 fully saturated rings. The zero-order valence-corrected chi connectivity index (χ0v) is 11.8. The maximum Gasteiger partial charge on any atom is 0.236 e. The van der Waals surface area contributed by atoms with E-state index in [0.717, 1.165) is 22.6 Å². The summed E-state index contributed by atoms with van der Waals surface area (Å²) in [4.78, 5) is 13.4. The van der Waals surface area contributed by atoms with Crippen LogP contribution in [-0.4, -0.2) is 30.4 Å². The first-order valence-electron chi connectivity index (χ1n) is 5.40. The summed E-state index contributed by atoms with van der Waals surface area (Å²) in [5, 5.41) is 3.08. The fourth-order valence-corrected chi connectivity index (χ4v) is 1.89. The van der Waals surface area contributed by atoms with Crippen LogP contribution in [0.25, 0.3) is 0 Å². The van der Waals surface area contributed by atoms with Crippen LogP contribution in [0.2, 0.25) is 0 Å². The van der Waals surface area contributed by atoms with Gasteiger partial charge in [0.25, 0.3) is 0 Å². The molecule has 1 rings (SSSR count). The van der Waals surface area contributed by atoms with E-state index in [0.29, 0.717) is 13.1 Å². The Balaban J connectivity index is 2.27. The first-order valence-corrected chi connectivity index (χ1v) is 6.48. The number of hydrogen-bond acceptors (Lipinski definition) is 3. The minimum Gasteiger partial charge on any atom is -0.454 e. The fraction of sp³-hybridized carbons (Fsp3) is 0.545. The number of hydrogen-bond donors (Lipinski definition) is 1. The predicted octanol–water partition coefficient (Wildman–Crippen LogP) is 1.84. The number of amides is 1. The molecule has 0 radical (unpaired) electrons. The summed E-state index contributed by atoms with van der Waals surface area (Å²) >= 11 is 2.12. The van der Waals surface area contributed by atoms with Crippen molar-refractivity contribution in [1.29, 1.82) is 0 Å². The van der Waals surface area contributed by atoms with E-state index in [-0.39, 0.29) is 5.91 Å². The second-order valence-electron chi connectivity index (χ2n) is 3.38. The van der Waals surface area contributed by atoms with Gasteiger partial charge in [-0.25, -0.2) is 0 Å². The fourth-order valence-electron chi connectivity index (χ4n) is 1.43. The van der Waals surface area contributed by atoms with Gasteiger partial charge in [-0.15, -0.1) is 0 Å². The Kier molecular flexibility index (Phi) is 5.83. The number of rotatable bonds is 6. The molecule has 16 heavy (non-hydrogen) atoms. The van der Waals surface area contributed by atoms with Crippen LogP contribution in [0.3, 0.4) is 0 Å². The molecule has 0 saturated heterocycles. The van der Waals surface area contributed by atoms with Gasteiger partial charge in [0.05, 0.1) is 13.1 Å². The Morgan fingerprint density at radius 2 is 2.12 bits per heavy atom. The number of likely N-dealkylation sites (N-methyl/N-ethyl adjacent to an activating group) is 1. The van der Waals surface area contributed by atoms with Crippen molar-refractivity contribution in [2.24, 2.45) is 0 Å². The summed E-state index contributed by atoms with van der Waals surface area (Å²) in [5.41, 5.74) is 0. The van der Waals surface area contributed by atoms with Crippen molar-refractivity contribution in [2.45, 2.75) is 20.4 Å². The van der Waals surface area contributed by atoms with Gasteiger partial charge in [-0.1, -0.05) is 0 Å². The molecule has 0 saturated carbocycles. The third-order valence-electron chi connectivity index (χ3n) is 2.32. The summed E-state index contributed by atoms with van der Waals surface area (Å²) < 4.78 is 6.24. The third kappa shape index (κ3) is 4.13. The standard InChI is InChI=1S/C11H17IN2O2/c1-3-14(4-2)11(15)8-13-7-9-5-6-10(12)16-9/h5-6,13H,3-4,7-8H2,1-2H3. The van der Waals surface area contributed by atoms with Crippen molar-refractivity contribution in [2.75, 3.05) is 19.6 Å². The quantitative estimate of drug-likeness (QED) is 0.807. The van der Waals surface area contributed by atoms with E-state index in [4.69, 9.17) is 4.42 Å². The average molecular weight is 336 g/mol. The van der Waals surface area contributed by atoms with Gasteiger partial charge in [0, 0.05) is 13.1 Å². The molecule has 1 aromatic heterocycles. The lowest BCUT2D eigenvalue weighted by Crippen LogP contribution is -2.37. The smallest absolute Gasteiger partial charge is 0.236 e. The lowest BCUT2D eigenvalue weighted by molar-refractivity contribution is -0.129. The monoisotopic (exact) mass is 336 g/mol. The summed E-state index contributed by atoms with van der Waals surface area (Å²) in [7, 11) is 0. The Labute approximate surface area is 110 Å². The van der Waals surface area contributed by atoms with E-state index in [1.807, 2.05) is 26.0 Å². The van der Waals surface area contributed by atoms with Crippen molar-refractivity contribution < 1.29 is 9.21 Å². The Bertz CT molecular complexity index is 334. The number of carbonyl (C=O) groups is 1. The predicted molar refractivity (Wildman–Crippen MR) is 71.1 cm³/mol. The number of halogens is 1. The van der Waals surface area contributed by atoms with Crippen LogP contribution in [0, 0.1) is 3.77 Å². The Morgan fingerprint density at radius 3 is 2.62 bits per heavy atom. The molecule has 0 atom stereocenters. The minimum absolute atomic E-state index is 0.131. The van der Waals surface area contributed by atoms with E-state index in [9.17, 15) is 4.79 Å². The highest BCUT2D eigenvalue weighted by Gasteiger charge is 2.08. The van der Waals surface area contributed by atoms with Crippen molar-refractivity contribution >= 4 is 28.5 Å². The highest BCUT2D eigenvalue weighted by molar-refractivity contribution is 14.1. The first-order chi connectivity index (χ1) is 7.67. The molecule has 1 N–H and O–H groups in total. The Morgan fingerprint density at radius 1 is 1.44 bits per heavy atom. The maximum absolute atomic E-state index is 11.6. The molecule has 0 aromatic carbocycles. The molecular formula is C11H17IN2O2. The Hall–Kier alpha value is -0.560. The van der Waals surface area contributed by atoms with Crippen molar-refractivity contribution in [3.05, 3.63) is 21.7 Å². The van der Waals surface area contributed by atoms with E-state index in [1.54, 1.807) is 4.90 Å². The van der Waals surface area contributed by atoms with Gasteiger partial charge >= 0.3 is 0 Å². The van der Waals surface area contributed by atoms with Crippen LogP contribution in [-0.2, 0) is 11.3 Å². The molecule has 1 aromatic rings. The third-order valence-corrected chi connectivity index (χ3v) is 2.90. The van der Waals surface area contributed by atoms with Crippen LogP contribution < -0.4 is 5.32 Å². The molecule has 5 heteroatoms. The molecule has 0 spiro atoms. The SMILES string of the molecule is CCN(CC)C(=O)CNCc1ccc(I)o1. The molecule has 0 aliphatic carbocycles. The van der Waals surface area contributed by atoms with Gasteiger partial charge in [0.2, 0.25) is 5.91 Å². The number of nitrogens with one attached hydrogen (secondary N) is 1. The van der Waals surface area contributed by atoms with Gasteiger partial charge in [0.15, 0.2) is 3.77 Å². The van der Waals surface area contributed by atoms with E-state index in [2.05, 4.69) is 27.9 Å². The lowest BCUT2D eigenvalue weighted by Gasteiger charge is -2.18. The van der Waals surface area contributed by atoms with Crippen molar-refractivity contribution in [3.63, 3.8) is 0 Å². The highest BCUT2D eigenvalue weighted by Crippen LogP contribution is 2.09. The van der Waals surface area contributed by atoms with Crippen molar-refractivity contribution in [1.82, 2.24) is 10.2 Å². The maximum atomic E-state index is 11.6. The lowest BCUT2D eigenvalue weighted by atomic mass is 10.4. The van der Waals surface area contributed by atoms with E-state index in [1.165, 1.54) is 0 Å². The second kappa shape index (κ2) is 6.90. The van der Waals surface area contributed by atoms with Crippen LogP contribution >= 0.6 is 22.6 Å². The summed E-state index contributed by atoms with van der Waals surface area (Å²) in [6.45, 7) is 6.44. The van der Waals surface area contributed by atoms with E-state index >= 15 is 0 Å². The van der Waals surface area contributed by atoms with Crippen LogP contribution in [0.4, 0.5) is 0 Å². The van der Waals surface area contributed by atoms with Gasteiger partial charge in [-0.3, -0.25) is 4.79 Å². The summed E-state index contributed by atoms with van der Waals surface area (Å²) in [6, 6.07) is 3.82. The second-order valence-corrected chi connectivity index (χ2v) is 4.44. The van der Waals surface area contributed by atoms with Gasteiger partial charge in [0.1, 0.15) is 5.76 Å². The first kappa shape index (κ1) is 13.5. The van der Waals surface area contributed by atoms with Crippen molar-refractivity contribution in [3.8, 4) is 0 Å². The summed E-state index contributed by atoms with van der Waals surface area (Å²) in [5.74, 6) is 0.989. The molecule has 1 heterocycles. The summed E-state index contributed by atoms with van der Waals surface area (Å²) in [6.07, 6.45) is 0. The minimum atomic E-state index is 0.131. The molecule has 1 amide bonds. The largest absolute Gasteiger partial charge is 0.454 e. The van der Waals surface area contributed by atoms with Crippen LogP contribution in [0.1, 0.15) is 19.6 Å². The van der Waals surface area contributed by atoms with Crippen LogP contribution in [0.5, 0.6) is 0 Å².